The van der Waals surface area contributed by atoms with Crippen molar-refractivity contribution in [1.82, 2.24) is 24.6 Å². The molecule has 1 aliphatic heterocycles. The summed E-state index contributed by atoms with van der Waals surface area (Å²) < 4.78 is 1.51. The standard InChI is InChI=1S/C29H29N5O3S/c1-19(20-5-3-2-4-6-20)13-25(35)33-11-9-29(37,10-12-33)17-34-18-30-26-23(28(34)36)16-38-27(26)21-7-8-22-15-31-32-24(22)14-21/h2-8,14-16,18-19,37H,9-13,17H2,1H3,(H,31,32)/t19-/m1/s1. The molecule has 9 heteroatoms. The van der Waals surface area contributed by atoms with E-state index in [9.17, 15) is 14.7 Å². The Balaban J connectivity index is 1.14. The monoisotopic (exact) mass is 527 g/mol. The van der Waals surface area contributed by atoms with Gasteiger partial charge in [0.25, 0.3) is 5.56 Å². The summed E-state index contributed by atoms with van der Waals surface area (Å²) in [5.41, 5.74) is 2.49. The molecule has 0 aliphatic carbocycles. The number of nitrogens with zero attached hydrogens (tertiary/aromatic N) is 4. The van der Waals surface area contributed by atoms with Gasteiger partial charge in [0, 0.05) is 30.3 Å². The highest BCUT2D eigenvalue weighted by Crippen LogP contribution is 2.34. The predicted octanol–water partition coefficient (Wildman–Crippen LogP) is 4.55. The summed E-state index contributed by atoms with van der Waals surface area (Å²) >= 11 is 1.48. The summed E-state index contributed by atoms with van der Waals surface area (Å²) in [5, 5.41) is 21.8. The van der Waals surface area contributed by atoms with Crippen molar-refractivity contribution < 1.29 is 9.90 Å². The number of carbonyl (C=O) groups excluding carboxylic acids is 1. The number of rotatable bonds is 6. The van der Waals surface area contributed by atoms with E-state index in [1.807, 2.05) is 58.8 Å². The van der Waals surface area contributed by atoms with Gasteiger partial charge in [-0.25, -0.2) is 4.98 Å². The van der Waals surface area contributed by atoms with Gasteiger partial charge in [-0.1, -0.05) is 49.4 Å². The first-order chi connectivity index (χ1) is 18.4. The third kappa shape index (κ3) is 4.63. The van der Waals surface area contributed by atoms with E-state index in [1.54, 1.807) is 6.20 Å². The number of thiophene rings is 1. The molecule has 2 aromatic carbocycles. The maximum absolute atomic E-state index is 13.3. The van der Waals surface area contributed by atoms with Crippen LogP contribution in [0.5, 0.6) is 0 Å². The van der Waals surface area contributed by atoms with Gasteiger partial charge in [0.15, 0.2) is 0 Å². The molecule has 2 N–H and O–H groups in total. The number of aliphatic hydroxyl groups is 1. The molecule has 1 aliphatic rings. The molecule has 3 aromatic heterocycles. The number of fused-ring (bicyclic) bond motifs is 2. The maximum Gasteiger partial charge on any atom is 0.262 e. The van der Waals surface area contributed by atoms with Gasteiger partial charge < -0.3 is 10.0 Å². The largest absolute Gasteiger partial charge is 0.388 e. The van der Waals surface area contributed by atoms with E-state index in [-0.39, 0.29) is 23.9 Å². The van der Waals surface area contributed by atoms with Gasteiger partial charge in [0.2, 0.25) is 5.91 Å². The van der Waals surface area contributed by atoms with Gasteiger partial charge in [0.1, 0.15) is 0 Å². The van der Waals surface area contributed by atoms with Gasteiger partial charge in [0.05, 0.1) is 46.0 Å². The van der Waals surface area contributed by atoms with Gasteiger partial charge in [-0.3, -0.25) is 19.3 Å². The number of nitrogens with one attached hydrogen (secondary N) is 1. The lowest BCUT2D eigenvalue weighted by Crippen LogP contribution is -2.49. The van der Waals surface area contributed by atoms with E-state index in [4.69, 9.17) is 0 Å². The van der Waals surface area contributed by atoms with Gasteiger partial charge in [-0.15, -0.1) is 11.3 Å². The molecule has 1 saturated heterocycles. The number of aromatic nitrogens is 4. The fraction of sp³-hybridized carbons (Fsp3) is 0.310. The SMILES string of the molecule is C[C@H](CC(=O)N1CCC(O)(Cn2cnc3c(-c4ccc5cn[nH]c5c4)scc3c2=O)CC1)c1ccccc1. The average molecular weight is 528 g/mol. The van der Waals surface area contributed by atoms with Crippen molar-refractivity contribution in [3.63, 3.8) is 0 Å². The Bertz CT molecular complexity index is 1660. The molecule has 1 fully saturated rings. The highest BCUT2D eigenvalue weighted by Gasteiger charge is 2.35. The number of carbonyl (C=O) groups is 1. The minimum absolute atomic E-state index is 0.0998. The van der Waals surface area contributed by atoms with E-state index in [2.05, 4.69) is 22.1 Å². The van der Waals surface area contributed by atoms with Gasteiger partial charge in [-0.2, -0.15) is 5.10 Å². The second-order valence-electron chi connectivity index (χ2n) is 10.3. The number of benzene rings is 2. The summed E-state index contributed by atoms with van der Waals surface area (Å²) in [4.78, 5) is 33.6. The first-order valence-corrected chi connectivity index (χ1v) is 13.7. The lowest BCUT2D eigenvalue weighted by molar-refractivity contribution is -0.136. The summed E-state index contributed by atoms with van der Waals surface area (Å²) in [6.07, 6.45) is 4.59. The molecule has 8 nitrogen and oxygen atoms in total. The quantitative estimate of drug-likeness (QED) is 0.337. The number of hydrogen-bond acceptors (Lipinski definition) is 6. The molecule has 38 heavy (non-hydrogen) atoms. The molecule has 0 bridgehead atoms. The van der Waals surface area contributed by atoms with Crippen LogP contribution in [-0.4, -0.2) is 54.4 Å². The maximum atomic E-state index is 13.3. The molecule has 0 spiro atoms. The zero-order valence-corrected chi connectivity index (χ0v) is 21.9. The van der Waals surface area contributed by atoms with E-state index < -0.39 is 5.60 Å². The lowest BCUT2D eigenvalue weighted by atomic mass is 9.90. The minimum atomic E-state index is -1.06. The van der Waals surface area contributed by atoms with Crippen LogP contribution in [0.3, 0.4) is 0 Å². The molecule has 1 atom stereocenters. The molecule has 0 saturated carbocycles. The summed E-state index contributed by atoms with van der Waals surface area (Å²) in [7, 11) is 0. The molecular formula is C29H29N5O3S. The Morgan fingerprint density at radius 3 is 2.76 bits per heavy atom. The number of piperidine rings is 1. The smallest absolute Gasteiger partial charge is 0.262 e. The average Bonchev–Trinajstić information content (AvgIpc) is 3.58. The van der Waals surface area contributed by atoms with Crippen LogP contribution < -0.4 is 5.56 Å². The summed E-state index contributed by atoms with van der Waals surface area (Å²) in [6, 6.07) is 16.1. The fourth-order valence-electron chi connectivity index (χ4n) is 5.30. The number of H-pyrrole nitrogens is 1. The third-order valence-corrected chi connectivity index (χ3v) is 8.67. The van der Waals surface area contributed by atoms with Crippen LogP contribution in [0.25, 0.3) is 32.2 Å². The first-order valence-electron chi connectivity index (χ1n) is 12.9. The normalized spacial score (nSPS) is 16.2. The van der Waals surface area contributed by atoms with E-state index in [0.717, 1.165) is 26.9 Å². The summed E-state index contributed by atoms with van der Waals surface area (Å²) in [6.45, 7) is 3.16. The van der Waals surface area contributed by atoms with Crippen molar-refractivity contribution in [2.45, 2.75) is 44.2 Å². The molecule has 0 radical (unpaired) electrons. The van der Waals surface area contributed by atoms with Crippen molar-refractivity contribution in [1.29, 1.82) is 0 Å². The van der Waals surface area contributed by atoms with Crippen molar-refractivity contribution in [3.8, 4) is 10.4 Å². The highest BCUT2D eigenvalue weighted by molar-refractivity contribution is 7.15. The van der Waals surface area contributed by atoms with Gasteiger partial charge >= 0.3 is 0 Å². The second kappa shape index (κ2) is 9.81. The first kappa shape index (κ1) is 24.5. The van der Waals surface area contributed by atoms with Crippen LogP contribution in [0.4, 0.5) is 0 Å². The molecule has 1 amide bonds. The topological polar surface area (TPSA) is 104 Å². The number of aromatic amines is 1. The van der Waals surface area contributed by atoms with Crippen LogP contribution in [-0.2, 0) is 11.3 Å². The molecule has 5 aromatic rings. The number of likely N-dealkylation sites (tertiary alicyclic amines) is 1. The highest BCUT2D eigenvalue weighted by atomic mass is 32.1. The minimum Gasteiger partial charge on any atom is -0.388 e. The van der Waals surface area contributed by atoms with Crippen molar-refractivity contribution in [2.24, 2.45) is 0 Å². The van der Waals surface area contributed by atoms with Crippen LogP contribution in [0.2, 0.25) is 0 Å². The molecular weight excluding hydrogens is 498 g/mol. The van der Waals surface area contributed by atoms with Crippen molar-refractivity contribution in [3.05, 3.63) is 82.4 Å². The zero-order valence-electron chi connectivity index (χ0n) is 21.1. The van der Waals surface area contributed by atoms with Gasteiger partial charge in [-0.05, 0) is 36.0 Å². The van der Waals surface area contributed by atoms with Crippen LogP contribution in [0.15, 0.2) is 71.2 Å². The van der Waals surface area contributed by atoms with E-state index in [1.165, 1.54) is 22.2 Å². The third-order valence-electron chi connectivity index (χ3n) is 7.65. The summed E-state index contributed by atoms with van der Waals surface area (Å²) in [5.74, 6) is 0.237. The van der Waals surface area contributed by atoms with Crippen LogP contribution in [0.1, 0.15) is 37.7 Å². The van der Waals surface area contributed by atoms with E-state index >= 15 is 0 Å². The van der Waals surface area contributed by atoms with Crippen molar-refractivity contribution >= 4 is 39.0 Å². The Labute approximate surface area is 223 Å². The van der Waals surface area contributed by atoms with E-state index in [0.29, 0.717) is 43.3 Å². The Kier molecular flexibility index (Phi) is 6.33. The second-order valence-corrected chi connectivity index (χ2v) is 11.2. The zero-order chi connectivity index (χ0) is 26.3. The number of amides is 1. The fourth-order valence-corrected chi connectivity index (χ4v) is 6.29. The lowest BCUT2D eigenvalue weighted by Gasteiger charge is -2.38. The molecule has 194 valence electrons. The van der Waals surface area contributed by atoms with Crippen LogP contribution >= 0.6 is 11.3 Å². The molecule has 4 heterocycles. The Morgan fingerprint density at radius 2 is 1.97 bits per heavy atom. The number of hydrogen-bond donors (Lipinski definition) is 2. The van der Waals surface area contributed by atoms with Crippen molar-refractivity contribution in [2.75, 3.05) is 13.1 Å². The molecule has 0 unspecified atom stereocenters. The molecule has 6 rings (SSSR count). The van der Waals surface area contributed by atoms with Crippen LogP contribution in [0, 0.1) is 0 Å². The Morgan fingerprint density at radius 1 is 1.18 bits per heavy atom. The predicted molar refractivity (Wildman–Crippen MR) is 149 cm³/mol. The Hall–Kier alpha value is -3.82.